The number of amides is 1. The SMILES string of the molecule is COCCCNC(=O)C(C)n1cc(C(C)O)nn1. The molecule has 7 heteroatoms. The fraction of sp³-hybridized carbons (Fsp3) is 0.727. The molecule has 0 aliphatic rings. The standard InChI is InChI=1S/C11H20N4O3/c1-8(11(17)12-5-4-6-18-3)15-7-10(9(2)16)13-14-15/h7-9,16H,4-6H2,1-3H3,(H,12,17). The maximum Gasteiger partial charge on any atom is 0.244 e. The lowest BCUT2D eigenvalue weighted by Crippen LogP contribution is -2.32. The number of hydrogen-bond donors (Lipinski definition) is 2. The molecule has 18 heavy (non-hydrogen) atoms. The van der Waals surface area contributed by atoms with Crippen molar-refractivity contribution in [2.45, 2.75) is 32.4 Å². The second-order valence-electron chi connectivity index (χ2n) is 4.11. The molecule has 2 atom stereocenters. The van der Waals surface area contributed by atoms with Crippen LogP contribution in [-0.4, -0.2) is 46.3 Å². The van der Waals surface area contributed by atoms with Crippen LogP contribution in [0, 0.1) is 0 Å². The van der Waals surface area contributed by atoms with Gasteiger partial charge in [-0.1, -0.05) is 5.21 Å². The molecule has 0 aromatic carbocycles. The second kappa shape index (κ2) is 7.07. The van der Waals surface area contributed by atoms with Crippen LogP contribution < -0.4 is 5.32 Å². The van der Waals surface area contributed by atoms with E-state index in [2.05, 4.69) is 15.6 Å². The fourth-order valence-corrected chi connectivity index (χ4v) is 1.37. The summed E-state index contributed by atoms with van der Waals surface area (Å²) in [4.78, 5) is 11.8. The van der Waals surface area contributed by atoms with Crippen LogP contribution in [0.2, 0.25) is 0 Å². The number of carbonyl (C=O) groups is 1. The Hall–Kier alpha value is -1.47. The summed E-state index contributed by atoms with van der Waals surface area (Å²) < 4.78 is 6.33. The monoisotopic (exact) mass is 256 g/mol. The van der Waals surface area contributed by atoms with E-state index < -0.39 is 12.1 Å². The van der Waals surface area contributed by atoms with Crippen molar-refractivity contribution in [1.29, 1.82) is 0 Å². The van der Waals surface area contributed by atoms with Crippen LogP contribution in [0.4, 0.5) is 0 Å². The Balaban J connectivity index is 2.46. The lowest BCUT2D eigenvalue weighted by molar-refractivity contribution is -0.124. The van der Waals surface area contributed by atoms with E-state index in [9.17, 15) is 9.90 Å². The van der Waals surface area contributed by atoms with Crippen molar-refractivity contribution in [3.05, 3.63) is 11.9 Å². The van der Waals surface area contributed by atoms with Crippen LogP contribution in [0.25, 0.3) is 0 Å². The van der Waals surface area contributed by atoms with Gasteiger partial charge < -0.3 is 15.2 Å². The highest BCUT2D eigenvalue weighted by atomic mass is 16.5. The zero-order valence-electron chi connectivity index (χ0n) is 11.0. The van der Waals surface area contributed by atoms with E-state index >= 15 is 0 Å². The predicted molar refractivity (Wildman–Crippen MR) is 64.9 cm³/mol. The molecule has 102 valence electrons. The van der Waals surface area contributed by atoms with E-state index in [0.717, 1.165) is 6.42 Å². The minimum Gasteiger partial charge on any atom is -0.387 e. The van der Waals surface area contributed by atoms with E-state index in [1.54, 1.807) is 27.2 Å². The summed E-state index contributed by atoms with van der Waals surface area (Å²) in [5, 5.41) is 19.7. The maximum absolute atomic E-state index is 11.8. The predicted octanol–water partition coefficient (Wildman–Crippen LogP) is 0.0451. The van der Waals surface area contributed by atoms with Gasteiger partial charge in [0.15, 0.2) is 0 Å². The van der Waals surface area contributed by atoms with Gasteiger partial charge in [0.1, 0.15) is 11.7 Å². The van der Waals surface area contributed by atoms with Crippen LogP contribution in [0.15, 0.2) is 6.20 Å². The van der Waals surface area contributed by atoms with Crippen LogP contribution in [0.5, 0.6) is 0 Å². The van der Waals surface area contributed by atoms with Gasteiger partial charge >= 0.3 is 0 Å². The molecule has 2 unspecified atom stereocenters. The van der Waals surface area contributed by atoms with Gasteiger partial charge in [0.25, 0.3) is 0 Å². The molecule has 0 aliphatic carbocycles. The molecule has 1 aromatic heterocycles. The van der Waals surface area contributed by atoms with Crippen LogP contribution in [0.3, 0.4) is 0 Å². The molecule has 0 saturated heterocycles. The number of ether oxygens (including phenoxy) is 1. The second-order valence-corrected chi connectivity index (χ2v) is 4.11. The van der Waals surface area contributed by atoms with E-state index in [4.69, 9.17) is 4.74 Å². The van der Waals surface area contributed by atoms with Crippen molar-refractivity contribution in [1.82, 2.24) is 20.3 Å². The quantitative estimate of drug-likeness (QED) is 0.673. The lowest BCUT2D eigenvalue weighted by atomic mass is 10.3. The minimum atomic E-state index is -0.685. The molecule has 0 aliphatic heterocycles. The van der Waals surface area contributed by atoms with E-state index in [1.807, 2.05) is 0 Å². The summed E-state index contributed by atoms with van der Waals surface area (Å²) in [6.07, 6.45) is 1.66. The number of carbonyl (C=O) groups excluding carboxylic acids is 1. The van der Waals surface area contributed by atoms with Crippen molar-refractivity contribution >= 4 is 5.91 Å². The Morgan fingerprint density at radius 1 is 1.61 bits per heavy atom. The molecule has 0 spiro atoms. The number of nitrogens with zero attached hydrogens (tertiary/aromatic N) is 3. The van der Waals surface area contributed by atoms with E-state index in [1.165, 1.54) is 4.68 Å². The Bertz CT molecular complexity index is 378. The zero-order valence-corrected chi connectivity index (χ0v) is 11.0. The first kappa shape index (κ1) is 14.6. The van der Waals surface area contributed by atoms with Crippen LogP contribution in [0.1, 0.15) is 38.1 Å². The third-order valence-electron chi connectivity index (χ3n) is 2.56. The highest BCUT2D eigenvalue weighted by molar-refractivity contribution is 5.79. The Labute approximate surface area is 106 Å². The summed E-state index contributed by atoms with van der Waals surface area (Å²) in [5.41, 5.74) is 0.453. The molecule has 1 amide bonds. The number of aliphatic hydroxyl groups excluding tert-OH is 1. The first-order valence-corrected chi connectivity index (χ1v) is 5.92. The average Bonchev–Trinajstić information content (AvgIpc) is 2.83. The van der Waals surface area contributed by atoms with Gasteiger partial charge in [0.2, 0.25) is 5.91 Å². The number of rotatable bonds is 7. The molecule has 0 radical (unpaired) electrons. The Morgan fingerprint density at radius 3 is 2.89 bits per heavy atom. The van der Waals surface area contributed by atoms with Crippen molar-refractivity contribution in [3.63, 3.8) is 0 Å². The van der Waals surface area contributed by atoms with Gasteiger partial charge in [-0.15, -0.1) is 5.10 Å². The summed E-state index contributed by atoms with van der Waals surface area (Å²) in [6.45, 7) is 4.51. The van der Waals surface area contributed by atoms with E-state index in [0.29, 0.717) is 18.8 Å². The Kier molecular flexibility index (Phi) is 5.73. The number of methoxy groups -OCH3 is 1. The molecule has 1 rings (SSSR count). The molecular formula is C11H20N4O3. The number of nitrogens with one attached hydrogen (secondary N) is 1. The molecule has 2 N–H and O–H groups in total. The minimum absolute atomic E-state index is 0.131. The van der Waals surface area contributed by atoms with Crippen LogP contribution in [-0.2, 0) is 9.53 Å². The van der Waals surface area contributed by atoms with Gasteiger partial charge in [0.05, 0.1) is 12.3 Å². The highest BCUT2D eigenvalue weighted by Gasteiger charge is 2.17. The van der Waals surface area contributed by atoms with Crippen molar-refractivity contribution in [2.75, 3.05) is 20.3 Å². The van der Waals surface area contributed by atoms with Gasteiger partial charge in [-0.25, -0.2) is 4.68 Å². The summed E-state index contributed by atoms with van der Waals surface area (Å²) in [5.74, 6) is -0.131. The van der Waals surface area contributed by atoms with Crippen molar-refractivity contribution in [3.8, 4) is 0 Å². The molecule has 7 nitrogen and oxygen atoms in total. The first-order chi connectivity index (χ1) is 8.56. The van der Waals surface area contributed by atoms with E-state index in [-0.39, 0.29) is 5.91 Å². The average molecular weight is 256 g/mol. The third-order valence-corrected chi connectivity index (χ3v) is 2.56. The van der Waals surface area contributed by atoms with Crippen LogP contribution >= 0.6 is 0 Å². The largest absolute Gasteiger partial charge is 0.387 e. The number of aromatic nitrogens is 3. The first-order valence-electron chi connectivity index (χ1n) is 5.92. The summed E-state index contributed by atoms with van der Waals surface area (Å²) >= 11 is 0. The summed E-state index contributed by atoms with van der Waals surface area (Å²) in [6, 6.07) is -0.451. The van der Waals surface area contributed by atoms with Gasteiger partial charge in [-0.2, -0.15) is 0 Å². The summed E-state index contributed by atoms with van der Waals surface area (Å²) in [7, 11) is 1.62. The molecule has 0 bridgehead atoms. The lowest BCUT2D eigenvalue weighted by Gasteiger charge is -2.11. The zero-order chi connectivity index (χ0) is 13.5. The molecule has 1 heterocycles. The maximum atomic E-state index is 11.8. The third kappa shape index (κ3) is 4.08. The molecule has 1 aromatic rings. The topological polar surface area (TPSA) is 89.3 Å². The number of hydrogen-bond acceptors (Lipinski definition) is 5. The highest BCUT2D eigenvalue weighted by Crippen LogP contribution is 2.10. The fourth-order valence-electron chi connectivity index (χ4n) is 1.37. The number of aliphatic hydroxyl groups is 1. The van der Waals surface area contributed by atoms with Crippen molar-refractivity contribution in [2.24, 2.45) is 0 Å². The van der Waals surface area contributed by atoms with Gasteiger partial charge in [-0.3, -0.25) is 4.79 Å². The molecule has 0 fully saturated rings. The van der Waals surface area contributed by atoms with Crippen molar-refractivity contribution < 1.29 is 14.6 Å². The van der Waals surface area contributed by atoms with Gasteiger partial charge in [-0.05, 0) is 20.3 Å². The molecular weight excluding hydrogens is 236 g/mol. The normalized spacial score (nSPS) is 14.2. The molecule has 0 saturated carbocycles. The Morgan fingerprint density at radius 2 is 2.33 bits per heavy atom. The van der Waals surface area contributed by atoms with Gasteiger partial charge in [0, 0.05) is 20.3 Å². The smallest absolute Gasteiger partial charge is 0.244 e.